The molecule has 0 radical (unpaired) electrons. The van der Waals surface area contributed by atoms with E-state index < -0.39 is 29.7 Å². The predicted octanol–water partition coefficient (Wildman–Crippen LogP) is 3.41. The maximum atomic E-state index is 13.5. The van der Waals surface area contributed by atoms with E-state index in [-0.39, 0.29) is 6.42 Å². The first-order valence-electron chi connectivity index (χ1n) is 7.04. The van der Waals surface area contributed by atoms with Gasteiger partial charge in [-0.15, -0.1) is 0 Å². The van der Waals surface area contributed by atoms with Gasteiger partial charge in [0.15, 0.2) is 11.6 Å². The van der Waals surface area contributed by atoms with Crippen molar-refractivity contribution >= 4 is 17.8 Å². The van der Waals surface area contributed by atoms with Crippen LogP contribution < -0.4 is 5.32 Å². The monoisotopic (exact) mass is 309 g/mol. The molecule has 1 unspecified atom stereocenters. The Morgan fingerprint density at radius 3 is 2.77 bits per heavy atom. The Labute approximate surface area is 127 Å². The fraction of sp³-hybridized carbons (Fsp3) is 0.400. The lowest BCUT2D eigenvalue weighted by Crippen LogP contribution is -2.47. The molecule has 0 fully saturated rings. The second-order valence-corrected chi connectivity index (χ2v) is 5.13. The molecular formula is C15H17F2N3O2. The third-order valence-corrected chi connectivity index (χ3v) is 3.37. The Hall–Kier alpha value is -2.31. The molecule has 0 aromatic heterocycles. The minimum atomic E-state index is -1.01. The molecule has 0 bridgehead atoms. The number of carbonyl (C=O) groups is 2. The Balaban J connectivity index is 2.36. The van der Waals surface area contributed by atoms with Crippen molar-refractivity contribution in [3.63, 3.8) is 0 Å². The summed E-state index contributed by atoms with van der Waals surface area (Å²) in [7, 11) is 0. The Morgan fingerprint density at radius 2 is 2.14 bits per heavy atom. The summed E-state index contributed by atoms with van der Waals surface area (Å²) in [5.74, 6) is -1.99. The smallest absolute Gasteiger partial charge is 0.338 e. The molecule has 7 heteroatoms. The maximum Gasteiger partial charge on any atom is 0.352 e. The predicted molar refractivity (Wildman–Crippen MR) is 77.7 cm³/mol. The number of rotatable bonds is 3. The average Bonchev–Trinajstić information content (AvgIpc) is 2.46. The lowest BCUT2D eigenvalue weighted by atomic mass is 9.98. The molecule has 1 aliphatic heterocycles. The van der Waals surface area contributed by atoms with Crippen molar-refractivity contribution in [3.05, 3.63) is 35.4 Å². The van der Waals surface area contributed by atoms with Crippen LogP contribution in [0.15, 0.2) is 23.2 Å². The Morgan fingerprint density at radius 1 is 1.41 bits per heavy atom. The van der Waals surface area contributed by atoms with Crippen LogP contribution in [0.4, 0.5) is 18.4 Å². The highest BCUT2D eigenvalue weighted by Crippen LogP contribution is 2.30. The number of nitrogens with one attached hydrogen (secondary N) is 1. The standard InChI is InChI=1S/C15H17F2N3O2/c1-3-6-18-14(21)20-13(7-9(2)19-15(20)22)10-4-5-11(16)12(17)8-10/h4-5,8,13H,3,6-7H2,1-2H3,(H,18,21). The van der Waals surface area contributed by atoms with E-state index in [0.29, 0.717) is 24.2 Å². The molecule has 2 rings (SSSR count). The minimum Gasteiger partial charge on any atom is -0.338 e. The maximum absolute atomic E-state index is 13.5. The molecule has 118 valence electrons. The van der Waals surface area contributed by atoms with Crippen molar-refractivity contribution in [1.82, 2.24) is 10.2 Å². The van der Waals surface area contributed by atoms with Crippen LogP contribution in [0, 0.1) is 11.6 Å². The molecule has 1 N–H and O–H groups in total. The van der Waals surface area contributed by atoms with Crippen molar-refractivity contribution in [2.24, 2.45) is 4.99 Å². The molecule has 1 heterocycles. The van der Waals surface area contributed by atoms with Gasteiger partial charge in [-0.2, -0.15) is 0 Å². The molecule has 1 atom stereocenters. The molecule has 0 saturated heterocycles. The van der Waals surface area contributed by atoms with E-state index in [1.54, 1.807) is 6.92 Å². The van der Waals surface area contributed by atoms with Gasteiger partial charge >= 0.3 is 12.1 Å². The first kappa shape index (κ1) is 16.1. The Bertz CT molecular complexity index is 631. The summed E-state index contributed by atoms with van der Waals surface area (Å²) in [6, 6.07) is 1.38. The fourth-order valence-electron chi connectivity index (χ4n) is 2.30. The zero-order valence-corrected chi connectivity index (χ0v) is 12.4. The first-order valence-corrected chi connectivity index (χ1v) is 7.04. The number of halogens is 2. The molecule has 4 amide bonds. The molecule has 1 aromatic carbocycles. The van der Waals surface area contributed by atoms with E-state index in [1.807, 2.05) is 6.92 Å². The van der Waals surface area contributed by atoms with E-state index in [2.05, 4.69) is 10.3 Å². The second kappa shape index (κ2) is 6.64. The third kappa shape index (κ3) is 3.29. The van der Waals surface area contributed by atoms with Crippen molar-refractivity contribution in [1.29, 1.82) is 0 Å². The van der Waals surface area contributed by atoms with Gasteiger partial charge in [0.2, 0.25) is 0 Å². The van der Waals surface area contributed by atoms with Gasteiger partial charge in [0, 0.05) is 18.7 Å². The van der Waals surface area contributed by atoms with Gasteiger partial charge in [-0.3, -0.25) is 0 Å². The summed E-state index contributed by atoms with van der Waals surface area (Å²) in [5, 5.41) is 2.60. The van der Waals surface area contributed by atoms with E-state index in [0.717, 1.165) is 17.0 Å². The van der Waals surface area contributed by atoms with Crippen LogP contribution in [0.3, 0.4) is 0 Å². The quantitative estimate of drug-likeness (QED) is 0.930. The molecule has 5 nitrogen and oxygen atoms in total. The lowest BCUT2D eigenvalue weighted by molar-refractivity contribution is 0.173. The van der Waals surface area contributed by atoms with Gasteiger partial charge in [0.1, 0.15) is 0 Å². The van der Waals surface area contributed by atoms with Gasteiger partial charge in [-0.05, 0) is 31.0 Å². The summed E-state index contributed by atoms with van der Waals surface area (Å²) < 4.78 is 26.5. The molecule has 1 aliphatic rings. The summed E-state index contributed by atoms with van der Waals surface area (Å²) in [4.78, 5) is 29.0. The summed E-state index contributed by atoms with van der Waals surface area (Å²) in [6.45, 7) is 3.95. The number of urea groups is 2. The second-order valence-electron chi connectivity index (χ2n) is 5.13. The van der Waals surface area contributed by atoms with Crippen LogP contribution in [-0.4, -0.2) is 29.2 Å². The minimum absolute atomic E-state index is 0.288. The molecule has 0 saturated carbocycles. The number of imide groups is 1. The van der Waals surface area contributed by atoms with Crippen LogP contribution in [-0.2, 0) is 0 Å². The summed E-state index contributed by atoms with van der Waals surface area (Å²) in [6.07, 6.45) is 1.00. The van der Waals surface area contributed by atoms with E-state index in [1.165, 1.54) is 6.07 Å². The number of nitrogens with zero attached hydrogens (tertiary/aromatic N) is 2. The van der Waals surface area contributed by atoms with Crippen LogP contribution in [0.1, 0.15) is 38.3 Å². The number of aliphatic imine (C=N–C) groups is 1. The van der Waals surface area contributed by atoms with Crippen molar-refractivity contribution in [3.8, 4) is 0 Å². The highest BCUT2D eigenvalue weighted by molar-refractivity contribution is 6.03. The molecule has 22 heavy (non-hydrogen) atoms. The van der Waals surface area contributed by atoms with E-state index in [4.69, 9.17) is 0 Å². The van der Waals surface area contributed by atoms with Gasteiger partial charge in [0.25, 0.3) is 0 Å². The number of amides is 4. The molecule has 0 spiro atoms. The van der Waals surface area contributed by atoms with E-state index in [9.17, 15) is 18.4 Å². The summed E-state index contributed by atoms with van der Waals surface area (Å²) >= 11 is 0. The largest absolute Gasteiger partial charge is 0.352 e. The molecular weight excluding hydrogens is 292 g/mol. The number of hydrogen-bond donors (Lipinski definition) is 1. The highest BCUT2D eigenvalue weighted by Gasteiger charge is 2.35. The number of benzene rings is 1. The normalized spacial score (nSPS) is 18.2. The van der Waals surface area contributed by atoms with Gasteiger partial charge in [-0.25, -0.2) is 28.3 Å². The number of hydrogen-bond acceptors (Lipinski definition) is 2. The van der Waals surface area contributed by atoms with Crippen LogP contribution >= 0.6 is 0 Å². The van der Waals surface area contributed by atoms with Gasteiger partial charge in [-0.1, -0.05) is 13.0 Å². The third-order valence-electron chi connectivity index (χ3n) is 3.37. The summed E-state index contributed by atoms with van der Waals surface area (Å²) in [5.41, 5.74) is 0.896. The zero-order valence-electron chi connectivity index (χ0n) is 12.4. The van der Waals surface area contributed by atoms with Gasteiger partial charge < -0.3 is 5.32 Å². The zero-order chi connectivity index (χ0) is 16.3. The van der Waals surface area contributed by atoms with Crippen molar-refractivity contribution in [2.75, 3.05) is 6.54 Å². The van der Waals surface area contributed by atoms with Crippen LogP contribution in [0.2, 0.25) is 0 Å². The fourth-order valence-corrected chi connectivity index (χ4v) is 2.30. The molecule has 0 aliphatic carbocycles. The van der Waals surface area contributed by atoms with Crippen molar-refractivity contribution in [2.45, 2.75) is 32.7 Å². The molecule has 1 aromatic rings. The highest BCUT2D eigenvalue weighted by atomic mass is 19.2. The SMILES string of the molecule is CCCNC(=O)N1C(=O)N=C(C)CC1c1ccc(F)c(F)c1. The average molecular weight is 309 g/mol. The van der Waals surface area contributed by atoms with Crippen LogP contribution in [0.25, 0.3) is 0 Å². The van der Waals surface area contributed by atoms with Gasteiger partial charge in [0.05, 0.1) is 6.04 Å². The van der Waals surface area contributed by atoms with Crippen LogP contribution in [0.5, 0.6) is 0 Å². The Kier molecular flexibility index (Phi) is 4.85. The topological polar surface area (TPSA) is 61.8 Å². The first-order chi connectivity index (χ1) is 10.4. The number of carbonyl (C=O) groups excluding carboxylic acids is 2. The van der Waals surface area contributed by atoms with Crippen molar-refractivity contribution < 1.29 is 18.4 Å². The lowest BCUT2D eigenvalue weighted by Gasteiger charge is -2.32. The van der Waals surface area contributed by atoms with E-state index >= 15 is 0 Å².